The third-order valence-electron chi connectivity index (χ3n) is 2.60. The van der Waals surface area contributed by atoms with Gasteiger partial charge in [0.1, 0.15) is 12.7 Å². The van der Waals surface area contributed by atoms with E-state index in [0.29, 0.717) is 6.61 Å². The number of ether oxygens (including phenoxy) is 1. The maximum absolute atomic E-state index is 8.83. The lowest BCUT2D eigenvalue weighted by atomic mass is 10.2. The molecule has 1 atom stereocenters. The van der Waals surface area contributed by atoms with E-state index in [1.165, 1.54) is 25.7 Å². The van der Waals surface area contributed by atoms with Gasteiger partial charge in [0, 0.05) is 6.42 Å². The molecule has 0 spiro atoms. The first-order chi connectivity index (χ1) is 8.35. The van der Waals surface area contributed by atoms with Crippen molar-refractivity contribution in [3.05, 3.63) is 0 Å². The monoisotopic (exact) mass is 235 g/mol. The van der Waals surface area contributed by atoms with Crippen LogP contribution in [0.4, 0.5) is 0 Å². The molecule has 2 heteroatoms. The van der Waals surface area contributed by atoms with Gasteiger partial charge in [0.05, 0.1) is 6.07 Å². The van der Waals surface area contributed by atoms with Crippen LogP contribution in [-0.4, -0.2) is 12.7 Å². The van der Waals surface area contributed by atoms with Gasteiger partial charge < -0.3 is 4.74 Å². The number of rotatable bonds is 9. The summed E-state index contributed by atoms with van der Waals surface area (Å²) in [4.78, 5) is 0. The Morgan fingerprint density at radius 2 is 1.76 bits per heavy atom. The van der Waals surface area contributed by atoms with Crippen LogP contribution in [0.15, 0.2) is 0 Å². The van der Waals surface area contributed by atoms with Crippen molar-refractivity contribution >= 4 is 0 Å². The minimum Gasteiger partial charge on any atom is -0.351 e. The smallest absolute Gasteiger partial charge is 0.145 e. The predicted molar refractivity (Wildman–Crippen MR) is 71.4 cm³/mol. The summed E-state index contributed by atoms with van der Waals surface area (Å²) < 4.78 is 5.39. The highest BCUT2D eigenvalue weighted by molar-refractivity contribution is 4.99. The first-order valence-corrected chi connectivity index (χ1v) is 6.82. The van der Waals surface area contributed by atoms with Gasteiger partial charge in [-0.15, -0.1) is 5.92 Å². The van der Waals surface area contributed by atoms with Crippen molar-refractivity contribution in [3.8, 4) is 17.9 Å². The fraction of sp³-hybridized carbons (Fsp3) is 0.800. The van der Waals surface area contributed by atoms with Crippen molar-refractivity contribution in [1.29, 1.82) is 5.26 Å². The number of hydrogen-bond donors (Lipinski definition) is 0. The van der Waals surface area contributed by atoms with E-state index in [-0.39, 0.29) is 6.10 Å². The molecule has 0 aromatic rings. The second-order valence-corrected chi connectivity index (χ2v) is 4.24. The molecular weight excluding hydrogens is 210 g/mol. The van der Waals surface area contributed by atoms with Gasteiger partial charge in [0.15, 0.2) is 0 Å². The summed E-state index contributed by atoms with van der Waals surface area (Å²) in [6, 6.07) is 2.17. The summed E-state index contributed by atoms with van der Waals surface area (Å²) in [6.07, 6.45) is 8.66. The zero-order valence-corrected chi connectivity index (χ0v) is 11.3. The highest BCUT2D eigenvalue weighted by Gasteiger charge is 2.04. The number of hydrogen-bond acceptors (Lipinski definition) is 2. The molecule has 0 aliphatic heterocycles. The molecule has 0 bridgehead atoms. The summed E-state index contributed by atoms with van der Waals surface area (Å²) in [5.74, 6) is 6.08. The van der Waals surface area contributed by atoms with Crippen molar-refractivity contribution in [1.82, 2.24) is 0 Å². The fourth-order valence-corrected chi connectivity index (χ4v) is 1.50. The Balaban J connectivity index is 3.47. The third-order valence-corrected chi connectivity index (χ3v) is 2.60. The van der Waals surface area contributed by atoms with Crippen LogP contribution in [0.5, 0.6) is 0 Å². The molecule has 1 unspecified atom stereocenters. The van der Waals surface area contributed by atoms with E-state index in [4.69, 9.17) is 10.00 Å². The van der Waals surface area contributed by atoms with Crippen LogP contribution in [-0.2, 0) is 4.74 Å². The van der Waals surface area contributed by atoms with E-state index in [1.807, 2.05) is 0 Å². The number of unbranched alkanes of at least 4 members (excludes halogenated alkanes) is 5. The Kier molecular flexibility index (Phi) is 12.3. The molecule has 0 aromatic carbocycles. The molecule has 0 aromatic heterocycles. The highest BCUT2D eigenvalue weighted by Crippen LogP contribution is 2.03. The van der Waals surface area contributed by atoms with Crippen LogP contribution in [0.3, 0.4) is 0 Å². The van der Waals surface area contributed by atoms with E-state index >= 15 is 0 Å². The van der Waals surface area contributed by atoms with Crippen LogP contribution < -0.4 is 0 Å². The second kappa shape index (κ2) is 13.1. The van der Waals surface area contributed by atoms with E-state index in [9.17, 15) is 0 Å². The number of nitrogens with zero attached hydrogens (tertiary/aromatic N) is 1. The Morgan fingerprint density at radius 1 is 1.00 bits per heavy atom. The molecule has 96 valence electrons. The van der Waals surface area contributed by atoms with Crippen LogP contribution >= 0.6 is 0 Å². The van der Waals surface area contributed by atoms with Gasteiger partial charge in [-0.3, -0.25) is 0 Å². The molecular formula is C15H25NO. The Hall–Kier alpha value is -0.990. The van der Waals surface area contributed by atoms with Gasteiger partial charge >= 0.3 is 0 Å². The lowest BCUT2D eigenvalue weighted by Gasteiger charge is -2.06. The summed E-state index contributed by atoms with van der Waals surface area (Å²) in [6.45, 7) is 4.72. The lowest BCUT2D eigenvalue weighted by Crippen LogP contribution is -2.10. The average molecular weight is 235 g/mol. The predicted octanol–water partition coefficient (Wildman–Crippen LogP) is 4.06. The molecule has 0 N–H and O–H groups in total. The van der Waals surface area contributed by atoms with E-state index in [2.05, 4.69) is 31.8 Å². The molecule has 0 radical (unpaired) electrons. The van der Waals surface area contributed by atoms with Crippen LogP contribution in [0.2, 0.25) is 0 Å². The summed E-state index contributed by atoms with van der Waals surface area (Å²) >= 11 is 0. The van der Waals surface area contributed by atoms with Crippen LogP contribution in [0, 0.1) is 23.2 Å². The topological polar surface area (TPSA) is 33.0 Å². The second-order valence-electron chi connectivity index (χ2n) is 4.24. The first-order valence-electron chi connectivity index (χ1n) is 6.82. The molecule has 2 nitrogen and oxygen atoms in total. The lowest BCUT2D eigenvalue weighted by molar-refractivity contribution is 0.110. The molecule has 0 amide bonds. The quantitative estimate of drug-likeness (QED) is 0.446. The minimum atomic E-state index is -0.274. The summed E-state index contributed by atoms with van der Waals surface area (Å²) in [5, 5.41) is 8.83. The molecule has 17 heavy (non-hydrogen) atoms. The van der Waals surface area contributed by atoms with Gasteiger partial charge in [0.25, 0.3) is 0 Å². The minimum absolute atomic E-state index is 0.274. The SMILES string of the molecule is CCCCCCC#CCOC(C#N)CCCC. The van der Waals surface area contributed by atoms with Gasteiger partial charge in [-0.2, -0.15) is 5.26 Å². The molecule has 0 rings (SSSR count). The number of nitriles is 1. The summed E-state index contributed by atoms with van der Waals surface area (Å²) in [5.41, 5.74) is 0. The molecule has 0 aliphatic carbocycles. The van der Waals surface area contributed by atoms with E-state index < -0.39 is 0 Å². The van der Waals surface area contributed by atoms with Crippen molar-refractivity contribution < 1.29 is 4.74 Å². The zero-order valence-electron chi connectivity index (χ0n) is 11.3. The Morgan fingerprint density at radius 3 is 2.41 bits per heavy atom. The fourth-order valence-electron chi connectivity index (χ4n) is 1.50. The highest BCUT2D eigenvalue weighted by atomic mass is 16.5. The van der Waals surface area contributed by atoms with Crippen molar-refractivity contribution in [3.63, 3.8) is 0 Å². The van der Waals surface area contributed by atoms with Crippen LogP contribution in [0.25, 0.3) is 0 Å². The molecule has 0 saturated heterocycles. The van der Waals surface area contributed by atoms with Crippen molar-refractivity contribution in [2.45, 2.75) is 71.3 Å². The Bertz CT molecular complexity index is 256. The Labute approximate surface area is 106 Å². The van der Waals surface area contributed by atoms with Crippen LogP contribution in [0.1, 0.15) is 65.2 Å². The molecule has 0 fully saturated rings. The standard InChI is InChI=1S/C15H25NO/c1-3-5-7-8-9-10-11-13-17-15(14-16)12-6-4-2/h15H,3-9,12-13H2,1-2H3. The maximum Gasteiger partial charge on any atom is 0.145 e. The molecule has 0 saturated carbocycles. The molecule has 0 aliphatic rings. The first kappa shape index (κ1) is 16.0. The third kappa shape index (κ3) is 11.3. The normalized spacial score (nSPS) is 11.4. The average Bonchev–Trinajstić information content (AvgIpc) is 2.36. The van der Waals surface area contributed by atoms with Gasteiger partial charge in [-0.1, -0.05) is 51.9 Å². The van der Waals surface area contributed by atoms with Gasteiger partial charge in [-0.05, 0) is 12.8 Å². The molecule has 0 heterocycles. The van der Waals surface area contributed by atoms with Crippen molar-refractivity contribution in [2.75, 3.05) is 6.61 Å². The van der Waals surface area contributed by atoms with E-state index in [0.717, 1.165) is 25.7 Å². The van der Waals surface area contributed by atoms with Gasteiger partial charge in [-0.25, -0.2) is 0 Å². The largest absolute Gasteiger partial charge is 0.351 e. The van der Waals surface area contributed by atoms with Crippen molar-refractivity contribution in [2.24, 2.45) is 0 Å². The maximum atomic E-state index is 8.83. The van der Waals surface area contributed by atoms with E-state index in [1.54, 1.807) is 0 Å². The zero-order chi connectivity index (χ0) is 12.8. The summed E-state index contributed by atoms with van der Waals surface area (Å²) in [7, 11) is 0. The van der Waals surface area contributed by atoms with Gasteiger partial charge in [0.2, 0.25) is 0 Å².